The van der Waals surface area contributed by atoms with Crippen molar-refractivity contribution in [2.24, 2.45) is 0 Å². The van der Waals surface area contributed by atoms with Crippen LogP contribution in [0.5, 0.6) is 0 Å². The maximum atomic E-state index is 5.23. The smallest absolute Gasteiger partial charge is 0.134 e. The zero-order valence-corrected chi connectivity index (χ0v) is 12.4. The van der Waals surface area contributed by atoms with Gasteiger partial charge in [0.1, 0.15) is 5.91 Å². The van der Waals surface area contributed by atoms with Gasteiger partial charge in [0.15, 0.2) is 0 Å². The van der Waals surface area contributed by atoms with Crippen molar-refractivity contribution in [1.29, 1.82) is 0 Å². The van der Waals surface area contributed by atoms with Gasteiger partial charge in [0.25, 0.3) is 0 Å². The number of hydrogen-bond acceptors (Lipinski definition) is 4. The van der Waals surface area contributed by atoms with Gasteiger partial charge in [0.05, 0.1) is 16.2 Å². The highest BCUT2D eigenvalue weighted by Crippen LogP contribution is 2.05. The average Bonchev–Trinajstić information content (AvgIpc) is 2.29. The van der Waals surface area contributed by atoms with Crippen molar-refractivity contribution in [3.05, 3.63) is 0 Å². The van der Waals surface area contributed by atoms with Gasteiger partial charge in [-0.05, 0) is 26.4 Å². The quantitative estimate of drug-likeness (QED) is 0.362. The number of rotatable bonds is 7. The lowest BCUT2D eigenvalue weighted by molar-refractivity contribution is -0.0441. The fourth-order valence-electron chi connectivity index (χ4n) is 2.21. The molecule has 1 fully saturated rings. The number of nitrogens with zero attached hydrogens (tertiary/aromatic N) is 2. The van der Waals surface area contributed by atoms with Gasteiger partial charge in [-0.15, -0.1) is 0 Å². The summed E-state index contributed by atoms with van der Waals surface area (Å²) in [5.41, 5.74) is 0. The van der Waals surface area contributed by atoms with Crippen LogP contribution in [-0.4, -0.2) is 72.8 Å². The predicted molar refractivity (Wildman–Crippen MR) is 69.5 cm³/mol. The Morgan fingerprint density at radius 3 is 2.62 bits per heavy atom. The predicted octanol–water partition coefficient (Wildman–Crippen LogP) is 0.135. The molecule has 1 saturated heterocycles. The summed E-state index contributed by atoms with van der Waals surface area (Å²) >= 11 is 0. The van der Waals surface area contributed by atoms with Crippen molar-refractivity contribution in [3.8, 4) is 0 Å². The summed E-state index contributed by atoms with van der Waals surface area (Å²) in [6.07, 6.45) is 2.61. The van der Waals surface area contributed by atoms with Crippen molar-refractivity contribution < 1.29 is 9.47 Å². The summed E-state index contributed by atoms with van der Waals surface area (Å²) in [6.45, 7) is 4.89. The molecule has 4 nitrogen and oxygen atoms in total. The largest absolute Gasteiger partial charge is 0.360 e. The van der Waals surface area contributed by atoms with E-state index in [2.05, 4.69) is 16.8 Å². The molecule has 1 aliphatic rings. The second-order valence-electron chi connectivity index (χ2n) is 4.59. The molecule has 0 bridgehead atoms. The highest BCUT2D eigenvalue weighted by atomic mass is 28.2. The van der Waals surface area contributed by atoms with Crippen LogP contribution in [0, 0.1) is 0 Å². The second kappa shape index (κ2) is 8.19. The van der Waals surface area contributed by atoms with Crippen molar-refractivity contribution in [1.82, 2.24) is 9.80 Å². The van der Waals surface area contributed by atoms with E-state index in [9.17, 15) is 0 Å². The third kappa shape index (κ3) is 5.40. The number of methoxy groups -OCH3 is 2. The Morgan fingerprint density at radius 1 is 1.25 bits per heavy atom. The monoisotopic (exact) mass is 246 g/mol. The van der Waals surface area contributed by atoms with Crippen molar-refractivity contribution in [2.75, 3.05) is 47.6 Å². The molecule has 0 aromatic heterocycles. The van der Waals surface area contributed by atoms with Gasteiger partial charge >= 0.3 is 0 Å². The minimum absolute atomic E-state index is 0.115. The van der Waals surface area contributed by atoms with Crippen LogP contribution < -0.4 is 0 Å². The van der Waals surface area contributed by atoms with E-state index < -0.39 is 0 Å². The lowest BCUT2D eigenvalue weighted by atomic mass is 10.3. The van der Waals surface area contributed by atoms with E-state index in [4.69, 9.17) is 9.47 Å². The van der Waals surface area contributed by atoms with Crippen LogP contribution in [-0.2, 0) is 9.47 Å². The van der Waals surface area contributed by atoms with Crippen molar-refractivity contribution in [3.63, 3.8) is 0 Å². The van der Waals surface area contributed by atoms with E-state index in [-0.39, 0.29) is 15.4 Å². The Bertz CT molecular complexity index is 179. The summed E-state index contributed by atoms with van der Waals surface area (Å²) in [6, 6.07) is 1.31. The molecule has 0 aliphatic carbocycles. The Labute approximate surface area is 102 Å². The summed E-state index contributed by atoms with van der Waals surface area (Å²) < 4.78 is 10.5. The molecule has 96 valence electrons. The highest BCUT2D eigenvalue weighted by molar-refractivity contribution is 6.36. The minimum atomic E-state index is -0.219. The van der Waals surface area contributed by atoms with Crippen molar-refractivity contribution >= 4 is 9.52 Å². The van der Waals surface area contributed by atoms with Crippen LogP contribution in [0.25, 0.3) is 0 Å². The Hall–Kier alpha value is 0.0569. The first-order valence-corrected chi connectivity index (χ1v) is 8.04. The second-order valence-corrected chi connectivity index (χ2v) is 6.54. The molecule has 0 aromatic carbocycles. The molecule has 1 heterocycles. The van der Waals surface area contributed by atoms with E-state index in [0.717, 1.165) is 6.67 Å². The molecule has 0 unspecified atom stereocenters. The normalized spacial score (nSPS) is 20.2. The molecular weight excluding hydrogens is 220 g/mol. The summed E-state index contributed by atoms with van der Waals surface area (Å²) in [5.74, 6) is 0.115. The number of hydrogen-bond donors (Lipinski definition) is 0. The topological polar surface area (TPSA) is 24.9 Å². The van der Waals surface area contributed by atoms with Crippen LogP contribution in [0.4, 0.5) is 0 Å². The molecule has 0 saturated carbocycles. The van der Waals surface area contributed by atoms with Gasteiger partial charge in [-0.2, -0.15) is 0 Å². The lowest BCUT2D eigenvalue weighted by Crippen LogP contribution is -2.43. The van der Waals surface area contributed by atoms with Crippen LogP contribution in [0.1, 0.15) is 12.8 Å². The third-order valence-electron chi connectivity index (χ3n) is 3.15. The molecule has 0 N–H and O–H groups in total. The fraction of sp³-hybridized carbons (Fsp3) is 1.00. The van der Waals surface area contributed by atoms with Crippen molar-refractivity contribution in [2.45, 2.75) is 24.8 Å². The summed E-state index contributed by atoms with van der Waals surface area (Å²) in [4.78, 5) is 4.94. The van der Waals surface area contributed by atoms with Gasteiger partial charge in [0, 0.05) is 27.3 Å². The van der Waals surface area contributed by atoms with E-state index in [1.807, 2.05) is 0 Å². The molecule has 0 atom stereocenters. The molecular formula is C11H26N2O2Si. The summed E-state index contributed by atoms with van der Waals surface area (Å²) in [5, 5.41) is 0. The maximum Gasteiger partial charge on any atom is 0.134 e. The standard InChI is InChI=1S/C11H26N2O2Si/c1-12-6-4-7-13(10-12)8-5-9-16-11(14-2)15-3/h11H,4-10,16H2,1-3H3. The fourth-order valence-corrected chi connectivity index (χ4v) is 3.52. The third-order valence-corrected chi connectivity index (χ3v) is 5.19. The first kappa shape index (κ1) is 14.1. The van der Waals surface area contributed by atoms with Gasteiger partial charge in [-0.1, -0.05) is 6.04 Å². The van der Waals surface area contributed by atoms with Crippen LogP contribution in [0.2, 0.25) is 6.04 Å². The maximum absolute atomic E-state index is 5.23. The molecule has 5 heteroatoms. The first-order chi connectivity index (χ1) is 7.76. The summed E-state index contributed by atoms with van der Waals surface area (Å²) in [7, 11) is 5.46. The Morgan fingerprint density at radius 2 is 2.00 bits per heavy atom. The van der Waals surface area contributed by atoms with E-state index in [1.165, 1.54) is 38.5 Å². The van der Waals surface area contributed by atoms with Crippen LogP contribution in [0.15, 0.2) is 0 Å². The zero-order valence-electron chi connectivity index (χ0n) is 10.9. The molecule has 16 heavy (non-hydrogen) atoms. The molecule has 0 spiro atoms. The molecule has 0 aromatic rings. The van der Waals surface area contributed by atoms with E-state index in [1.54, 1.807) is 14.2 Å². The Balaban J connectivity index is 2.02. The SMILES string of the molecule is COC(OC)[SiH2]CCCN1CCCN(C)C1. The van der Waals surface area contributed by atoms with Gasteiger partial charge in [-0.25, -0.2) is 0 Å². The zero-order chi connectivity index (χ0) is 11.8. The van der Waals surface area contributed by atoms with Crippen LogP contribution >= 0.6 is 0 Å². The van der Waals surface area contributed by atoms with E-state index in [0.29, 0.717) is 0 Å². The van der Waals surface area contributed by atoms with Crippen LogP contribution in [0.3, 0.4) is 0 Å². The molecule has 0 radical (unpaired) electrons. The lowest BCUT2D eigenvalue weighted by Gasteiger charge is -2.33. The Kier molecular flexibility index (Phi) is 7.23. The molecule has 0 amide bonds. The molecule has 1 aliphatic heterocycles. The van der Waals surface area contributed by atoms with Gasteiger partial charge in [0.2, 0.25) is 0 Å². The highest BCUT2D eigenvalue weighted by Gasteiger charge is 2.13. The number of ether oxygens (including phenoxy) is 2. The van der Waals surface area contributed by atoms with Gasteiger partial charge in [-0.3, -0.25) is 9.80 Å². The minimum Gasteiger partial charge on any atom is -0.360 e. The van der Waals surface area contributed by atoms with Gasteiger partial charge < -0.3 is 9.47 Å². The first-order valence-electron chi connectivity index (χ1n) is 6.22. The average molecular weight is 246 g/mol. The molecule has 1 rings (SSSR count). The van der Waals surface area contributed by atoms with E-state index >= 15 is 0 Å².